The third-order valence-corrected chi connectivity index (χ3v) is 2.36. The molecular weight excluding hydrogens is 228 g/mol. The molecule has 96 valence electrons. The molecule has 1 aromatic carbocycles. The second kappa shape index (κ2) is 6.80. The molecule has 0 spiro atoms. The van der Waals surface area contributed by atoms with E-state index in [1.54, 1.807) is 31.2 Å². The zero-order valence-corrected chi connectivity index (χ0v) is 10.9. The number of carbonyl (C=O) groups is 1. The van der Waals surface area contributed by atoms with Crippen LogP contribution in [0.3, 0.4) is 0 Å². The number of hydrogen-bond donors (Lipinski definition) is 2. The number of aliphatic hydroxyl groups is 1. The molecule has 0 unspecified atom stereocenters. The van der Waals surface area contributed by atoms with Crippen LogP contribution in [0, 0.1) is 18.8 Å². The van der Waals surface area contributed by atoms with Crippen molar-refractivity contribution >= 4 is 5.91 Å². The van der Waals surface area contributed by atoms with Gasteiger partial charge in [-0.1, -0.05) is 17.9 Å². The van der Waals surface area contributed by atoms with E-state index in [1.165, 1.54) is 0 Å². The number of nitrogens with zero attached hydrogens (tertiary/aromatic N) is 1. The molecule has 1 rings (SSSR count). The van der Waals surface area contributed by atoms with E-state index in [4.69, 9.17) is 5.11 Å². The van der Waals surface area contributed by atoms with Gasteiger partial charge < -0.3 is 5.11 Å². The Kier molecular flexibility index (Phi) is 5.37. The minimum absolute atomic E-state index is 0.0485. The molecule has 0 aliphatic rings. The van der Waals surface area contributed by atoms with Crippen molar-refractivity contribution in [2.45, 2.75) is 13.3 Å². The summed E-state index contributed by atoms with van der Waals surface area (Å²) < 4.78 is 0. The Morgan fingerprint density at radius 2 is 2.17 bits per heavy atom. The van der Waals surface area contributed by atoms with Gasteiger partial charge in [-0.2, -0.15) is 0 Å². The van der Waals surface area contributed by atoms with Crippen molar-refractivity contribution < 1.29 is 9.90 Å². The molecule has 18 heavy (non-hydrogen) atoms. The Morgan fingerprint density at radius 1 is 1.44 bits per heavy atom. The van der Waals surface area contributed by atoms with E-state index in [2.05, 4.69) is 17.3 Å². The Balaban J connectivity index is 2.99. The van der Waals surface area contributed by atoms with Crippen LogP contribution >= 0.6 is 0 Å². The molecule has 0 atom stereocenters. The quantitative estimate of drug-likeness (QED) is 0.616. The van der Waals surface area contributed by atoms with Gasteiger partial charge in [0.15, 0.2) is 0 Å². The Labute approximate surface area is 108 Å². The largest absolute Gasteiger partial charge is 0.395 e. The maximum absolute atomic E-state index is 11.9. The summed E-state index contributed by atoms with van der Waals surface area (Å²) in [6, 6.07) is 5.44. The molecule has 0 saturated carbocycles. The summed E-state index contributed by atoms with van der Waals surface area (Å²) in [5, 5.41) is 10.3. The fourth-order valence-electron chi connectivity index (χ4n) is 1.49. The van der Waals surface area contributed by atoms with Gasteiger partial charge in [0.1, 0.15) is 0 Å². The minimum Gasteiger partial charge on any atom is -0.395 e. The lowest BCUT2D eigenvalue weighted by molar-refractivity contribution is 0.0856. The van der Waals surface area contributed by atoms with E-state index in [0.717, 1.165) is 11.1 Å². The van der Waals surface area contributed by atoms with Crippen molar-refractivity contribution in [3.63, 3.8) is 0 Å². The van der Waals surface area contributed by atoms with Crippen molar-refractivity contribution in [2.24, 2.45) is 0 Å². The van der Waals surface area contributed by atoms with Crippen molar-refractivity contribution in [3.8, 4) is 11.8 Å². The first kappa shape index (κ1) is 14.2. The predicted molar refractivity (Wildman–Crippen MR) is 70.9 cm³/mol. The van der Waals surface area contributed by atoms with Crippen molar-refractivity contribution in [1.29, 1.82) is 0 Å². The lowest BCUT2D eigenvalue weighted by Gasteiger charge is -2.13. The van der Waals surface area contributed by atoms with Gasteiger partial charge in [-0.15, -0.1) is 0 Å². The van der Waals surface area contributed by atoms with Crippen LogP contribution in [0.15, 0.2) is 18.2 Å². The highest BCUT2D eigenvalue weighted by molar-refractivity contribution is 5.95. The highest BCUT2D eigenvalue weighted by Crippen LogP contribution is 2.12. The fraction of sp³-hybridized carbons (Fsp3) is 0.357. The molecular formula is C14H18N2O2. The standard InChI is InChI=1S/C14H18N2O2/c1-11-12(7-4-5-10-17)8-6-9-13(11)14(18)15-16(2)3/h6,8-9,17H,5,10H2,1-3H3,(H,15,18). The van der Waals surface area contributed by atoms with Crippen LogP contribution in [0.5, 0.6) is 0 Å². The second-order valence-corrected chi connectivity index (χ2v) is 4.09. The Morgan fingerprint density at radius 3 is 2.78 bits per heavy atom. The molecule has 4 heteroatoms. The van der Waals surface area contributed by atoms with E-state index < -0.39 is 0 Å². The Hall–Kier alpha value is -1.83. The average molecular weight is 246 g/mol. The summed E-state index contributed by atoms with van der Waals surface area (Å²) in [7, 11) is 3.52. The molecule has 0 heterocycles. The molecule has 0 saturated heterocycles. The number of amides is 1. The summed E-state index contributed by atoms with van der Waals surface area (Å²) in [4.78, 5) is 11.9. The van der Waals surface area contributed by atoms with E-state index in [9.17, 15) is 4.79 Å². The third-order valence-electron chi connectivity index (χ3n) is 2.36. The first-order chi connectivity index (χ1) is 8.56. The van der Waals surface area contributed by atoms with Crippen LogP contribution in [-0.2, 0) is 0 Å². The molecule has 1 aromatic rings. The summed E-state index contributed by atoms with van der Waals surface area (Å²) in [5.41, 5.74) is 4.98. The van der Waals surface area contributed by atoms with Crippen molar-refractivity contribution in [2.75, 3.05) is 20.7 Å². The van der Waals surface area contributed by atoms with E-state index >= 15 is 0 Å². The normalized spacial score (nSPS) is 9.83. The Bertz CT molecular complexity index is 484. The topological polar surface area (TPSA) is 52.6 Å². The van der Waals surface area contributed by atoms with Crippen LogP contribution in [0.1, 0.15) is 27.9 Å². The highest BCUT2D eigenvalue weighted by atomic mass is 16.2. The fourth-order valence-corrected chi connectivity index (χ4v) is 1.49. The molecule has 0 aliphatic heterocycles. The number of nitrogens with one attached hydrogen (secondary N) is 1. The van der Waals surface area contributed by atoms with E-state index in [-0.39, 0.29) is 12.5 Å². The number of aliphatic hydroxyl groups excluding tert-OH is 1. The van der Waals surface area contributed by atoms with Crippen LogP contribution in [0.4, 0.5) is 0 Å². The second-order valence-electron chi connectivity index (χ2n) is 4.09. The van der Waals surface area contributed by atoms with E-state index in [0.29, 0.717) is 12.0 Å². The lowest BCUT2D eigenvalue weighted by Crippen LogP contribution is -2.36. The summed E-state index contributed by atoms with van der Waals surface area (Å²) >= 11 is 0. The summed E-state index contributed by atoms with van der Waals surface area (Å²) in [6.07, 6.45) is 0.438. The van der Waals surface area contributed by atoms with Gasteiger partial charge >= 0.3 is 0 Å². The van der Waals surface area contributed by atoms with Gasteiger partial charge in [-0.05, 0) is 24.6 Å². The zero-order valence-electron chi connectivity index (χ0n) is 10.9. The van der Waals surface area contributed by atoms with Gasteiger partial charge in [0.25, 0.3) is 5.91 Å². The number of hydrazine groups is 1. The predicted octanol–water partition coefficient (Wildman–Crippen LogP) is 0.935. The van der Waals surface area contributed by atoms with Gasteiger partial charge in [-0.3, -0.25) is 10.2 Å². The molecule has 0 aromatic heterocycles. The number of carbonyl (C=O) groups excluding carboxylic acids is 1. The van der Waals surface area contributed by atoms with Crippen LogP contribution < -0.4 is 5.43 Å². The van der Waals surface area contributed by atoms with Crippen LogP contribution in [0.25, 0.3) is 0 Å². The molecule has 4 nitrogen and oxygen atoms in total. The molecule has 0 radical (unpaired) electrons. The van der Waals surface area contributed by atoms with E-state index in [1.807, 2.05) is 13.0 Å². The maximum Gasteiger partial charge on any atom is 0.265 e. The number of rotatable bonds is 3. The average Bonchev–Trinajstić information content (AvgIpc) is 2.30. The number of hydrogen-bond acceptors (Lipinski definition) is 3. The summed E-state index contributed by atoms with van der Waals surface area (Å²) in [6.45, 7) is 1.92. The zero-order chi connectivity index (χ0) is 13.5. The first-order valence-electron chi connectivity index (χ1n) is 5.74. The molecule has 0 aliphatic carbocycles. The van der Waals surface area contributed by atoms with Gasteiger partial charge in [0.2, 0.25) is 0 Å². The molecule has 0 fully saturated rings. The van der Waals surface area contributed by atoms with Crippen LogP contribution in [-0.4, -0.2) is 36.7 Å². The first-order valence-corrected chi connectivity index (χ1v) is 5.74. The summed E-state index contributed by atoms with van der Waals surface area (Å²) in [5.74, 6) is 5.67. The maximum atomic E-state index is 11.9. The minimum atomic E-state index is -0.150. The molecule has 1 amide bonds. The van der Waals surface area contributed by atoms with Crippen LogP contribution in [0.2, 0.25) is 0 Å². The van der Waals surface area contributed by atoms with Gasteiger partial charge in [-0.25, -0.2) is 5.01 Å². The SMILES string of the molecule is Cc1c(C#CCCO)cccc1C(=O)NN(C)C. The van der Waals surface area contributed by atoms with Crippen molar-refractivity contribution in [1.82, 2.24) is 10.4 Å². The smallest absolute Gasteiger partial charge is 0.265 e. The lowest BCUT2D eigenvalue weighted by atomic mass is 10.0. The molecule has 2 N–H and O–H groups in total. The van der Waals surface area contributed by atoms with Gasteiger partial charge in [0, 0.05) is 31.6 Å². The number of benzene rings is 1. The van der Waals surface area contributed by atoms with Crippen molar-refractivity contribution in [3.05, 3.63) is 34.9 Å². The van der Waals surface area contributed by atoms with Gasteiger partial charge in [0.05, 0.1) is 6.61 Å². The monoisotopic (exact) mass is 246 g/mol. The highest BCUT2D eigenvalue weighted by Gasteiger charge is 2.10. The third kappa shape index (κ3) is 3.88. The molecule has 0 bridgehead atoms.